The lowest BCUT2D eigenvalue weighted by Gasteiger charge is -2.21. The lowest BCUT2D eigenvalue weighted by atomic mass is 10.2. The Kier molecular flexibility index (Phi) is 4.93. The number of sulfonamides is 1. The van der Waals surface area contributed by atoms with Crippen molar-refractivity contribution in [1.82, 2.24) is 4.31 Å². The Bertz CT molecular complexity index is 728. The predicted octanol–water partition coefficient (Wildman–Crippen LogP) is 3.50. The van der Waals surface area contributed by atoms with Crippen LogP contribution in [0.5, 0.6) is 0 Å². The van der Waals surface area contributed by atoms with E-state index >= 15 is 0 Å². The number of thiophene rings is 1. The largest absolute Gasteiger partial charge is 0.398 e. The van der Waals surface area contributed by atoms with Crippen LogP contribution in [0.15, 0.2) is 34.5 Å². The third kappa shape index (κ3) is 3.40. The van der Waals surface area contributed by atoms with E-state index in [-0.39, 0.29) is 4.90 Å². The fourth-order valence-electron chi connectivity index (χ4n) is 2.02. The van der Waals surface area contributed by atoms with E-state index in [1.54, 1.807) is 13.0 Å². The quantitative estimate of drug-likeness (QED) is 0.844. The number of anilines is 1. The highest BCUT2D eigenvalue weighted by Gasteiger charge is 2.26. The van der Waals surface area contributed by atoms with Crippen LogP contribution >= 0.6 is 22.9 Å². The average molecular weight is 345 g/mol. The number of nitrogens with two attached hydrogens (primary N) is 1. The zero-order valence-corrected chi connectivity index (χ0v) is 14.2. The Morgan fingerprint density at radius 3 is 2.67 bits per heavy atom. The van der Waals surface area contributed by atoms with E-state index in [9.17, 15) is 8.42 Å². The van der Waals surface area contributed by atoms with Gasteiger partial charge in [-0.2, -0.15) is 4.31 Å². The van der Waals surface area contributed by atoms with E-state index in [0.29, 0.717) is 29.4 Å². The monoisotopic (exact) mass is 344 g/mol. The summed E-state index contributed by atoms with van der Waals surface area (Å²) < 4.78 is 27.1. The van der Waals surface area contributed by atoms with Crippen LogP contribution in [0.1, 0.15) is 17.4 Å². The molecule has 0 bridgehead atoms. The first-order valence-corrected chi connectivity index (χ1v) is 9.14. The number of benzene rings is 1. The predicted molar refractivity (Wildman–Crippen MR) is 88.2 cm³/mol. The summed E-state index contributed by atoms with van der Waals surface area (Å²) in [4.78, 5) is 1.17. The molecule has 1 aromatic carbocycles. The summed E-state index contributed by atoms with van der Waals surface area (Å²) in [7, 11) is -3.63. The van der Waals surface area contributed by atoms with Crippen molar-refractivity contribution < 1.29 is 8.42 Å². The maximum absolute atomic E-state index is 12.8. The van der Waals surface area contributed by atoms with Crippen molar-refractivity contribution in [2.24, 2.45) is 0 Å². The molecule has 0 saturated carbocycles. The minimum absolute atomic E-state index is 0.172. The van der Waals surface area contributed by atoms with Gasteiger partial charge < -0.3 is 5.73 Å². The molecule has 0 atom stereocenters. The van der Waals surface area contributed by atoms with Crippen molar-refractivity contribution in [3.63, 3.8) is 0 Å². The smallest absolute Gasteiger partial charge is 0.243 e. The van der Waals surface area contributed by atoms with Gasteiger partial charge in [0, 0.05) is 28.7 Å². The molecule has 0 aliphatic rings. The van der Waals surface area contributed by atoms with Crippen LogP contribution in [0.4, 0.5) is 5.69 Å². The number of nitrogens with zero attached hydrogens (tertiary/aromatic N) is 1. The summed E-state index contributed by atoms with van der Waals surface area (Å²) in [6, 6.07) is 6.84. The summed E-state index contributed by atoms with van der Waals surface area (Å²) >= 11 is 7.49. The van der Waals surface area contributed by atoms with Crippen LogP contribution in [0.3, 0.4) is 0 Å². The second kappa shape index (κ2) is 6.36. The van der Waals surface area contributed by atoms with Crippen LogP contribution < -0.4 is 5.73 Å². The Morgan fingerprint density at radius 1 is 1.38 bits per heavy atom. The lowest BCUT2D eigenvalue weighted by molar-refractivity contribution is 0.426. The Hall–Kier alpha value is -1.08. The molecular formula is C14H17ClN2O2S2. The Balaban J connectivity index is 2.44. The van der Waals surface area contributed by atoms with E-state index in [0.717, 1.165) is 4.88 Å². The molecule has 0 spiro atoms. The highest BCUT2D eigenvalue weighted by atomic mass is 35.5. The first kappa shape index (κ1) is 16.3. The zero-order chi connectivity index (χ0) is 15.6. The zero-order valence-electron chi connectivity index (χ0n) is 11.8. The van der Waals surface area contributed by atoms with Gasteiger partial charge in [0.05, 0.1) is 4.90 Å². The molecule has 2 N–H and O–H groups in total. The minimum atomic E-state index is -3.63. The molecule has 0 unspecified atom stereocenters. The molecule has 0 aliphatic carbocycles. The summed E-state index contributed by atoms with van der Waals surface area (Å²) in [5.74, 6) is 0. The van der Waals surface area contributed by atoms with Crippen LogP contribution in [0, 0.1) is 6.92 Å². The SMILES string of the molecule is CCN(Cc1cccs1)S(=O)(=O)c1cc(Cl)cc(N)c1C. The van der Waals surface area contributed by atoms with Crippen molar-refractivity contribution >= 4 is 38.6 Å². The molecule has 2 rings (SSSR count). The average Bonchev–Trinajstić information content (AvgIpc) is 2.92. The van der Waals surface area contributed by atoms with Crippen LogP contribution in [0.25, 0.3) is 0 Å². The molecule has 21 heavy (non-hydrogen) atoms. The minimum Gasteiger partial charge on any atom is -0.398 e. The first-order valence-electron chi connectivity index (χ1n) is 6.44. The molecule has 4 nitrogen and oxygen atoms in total. The van der Waals surface area contributed by atoms with E-state index in [1.807, 2.05) is 24.4 Å². The van der Waals surface area contributed by atoms with Crippen molar-refractivity contribution in [2.75, 3.05) is 12.3 Å². The third-order valence-electron chi connectivity index (χ3n) is 3.25. The molecule has 0 aliphatic heterocycles. The van der Waals surface area contributed by atoms with Crippen LogP contribution in [-0.2, 0) is 16.6 Å². The maximum Gasteiger partial charge on any atom is 0.243 e. The van der Waals surface area contributed by atoms with Gasteiger partial charge in [-0.05, 0) is 36.1 Å². The van der Waals surface area contributed by atoms with E-state index in [1.165, 1.54) is 21.7 Å². The summed E-state index contributed by atoms with van der Waals surface area (Å²) in [5, 5.41) is 2.25. The van der Waals surface area contributed by atoms with Gasteiger partial charge in [0.2, 0.25) is 10.0 Å². The Morgan fingerprint density at radius 2 is 2.10 bits per heavy atom. The Labute approximate surface area is 134 Å². The number of halogens is 1. The van der Waals surface area contributed by atoms with E-state index < -0.39 is 10.0 Å². The molecule has 114 valence electrons. The molecule has 0 saturated heterocycles. The van der Waals surface area contributed by atoms with E-state index in [2.05, 4.69) is 0 Å². The fourth-order valence-corrected chi connectivity index (χ4v) is 4.82. The lowest BCUT2D eigenvalue weighted by Crippen LogP contribution is -2.30. The number of rotatable bonds is 5. The van der Waals surface area contributed by atoms with Crippen LogP contribution in [0.2, 0.25) is 5.02 Å². The normalized spacial score (nSPS) is 12.0. The second-order valence-electron chi connectivity index (χ2n) is 4.63. The molecule has 0 fully saturated rings. The second-order valence-corrected chi connectivity index (χ2v) is 8.00. The summed E-state index contributed by atoms with van der Waals surface area (Å²) in [6.45, 7) is 4.24. The standard InChI is InChI=1S/C14H17ClN2O2S2/c1-3-17(9-12-5-4-6-20-12)21(18,19)14-8-11(15)7-13(16)10(14)2/h4-8H,3,9,16H2,1-2H3. The van der Waals surface area contributed by atoms with Gasteiger partial charge in [-0.25, -0.2) is 8.42 Å². The third-order valence-corrected chi connectivity index (χ3v) is 6.37. The number of hydrogen-bond donors (Lipinski definition) is 1. The molecule has 1 heterocycles. The first-order chi connectivity index (χ1) is 9.86. The van der Waals surface area contributed by atoms with E-state index in [4.69, 9.17) is 17.3 Å². The van der Waals surface area contributed by atoms with Gasteiger partial charge in [-0.3, -0.25) is 0 Å². The van der Waals surface area contributed by atoms with Crippen molar-refractivity contribution in [1.29, 1.82) is 0 Å². The van der Waals surface area contributed by atoms with Gasteiger partial charge in [0.1, 0.15) is 0 Å². The van der Waals surface area contributed by atoms with Gasteiger partial charge in [0.15, 0.2) is 0 Å². The molecule has 0 amide bonds. The highest BCUT2D eigenvalue weighted by molar-refractivity contribution is 7.89. The van der Waals surface area contributed by atoms with Crippen molar-refractivity contribution in [3.05, 3.63) is 45.1 Å². The van der Waals surface area contributed by atoms with Crippen LogP contribution in [-0.4, -0.2) is 19.3 Å². The summed E-state index contributed by atoms with van der Waals surface area (Å²) in [6.07, 6.45) is 0. The van der Waals surface area contributed by atoms with Gasteiger partial charge >= 0.3 is 0 Å². The fraction of sp³-hybridized carbons (Fsp3) is 0.286. The summed E-state index contributed by atoms with van der Waals surface area (Å²) in [5.41, 5.74) is 6.74. The topological polar surface area (TPSA) is 63.4 Å². The van der Waals surface area contributed by atoms with Gasteiger partial charge in [-0.15, -0.1) is 11.3 Å². The van der Waals surface area contributed by atoms with Crippen molar-refractivity contribution in [3.8, 4) is 0 Å². The highest BCUT2D eigenvalue weighted by Crippen LogP contribution is 2.29. The molecule has 2 aromatic rings. The molecular weight excluding hydrogens is 328 g/mol. The maximum atomic E-state index is 12.8. The molecule has 7 heteroatoms. The van der Waals surface area contributed by atoms with Crippen molar-refractivity contribution in [2.45, 2.75) is 25.3 Å². The van der Waals surface area contributed by atoms with Gasteiger partial charge in [0.25, 0.3) is 0 Å². The molecule has 1 aromatic heterocycles. The number of hydrogen-bond acceptors (Lipinski definition) is 4. The van der Waals surface area contributed by atoms with Gasteiger partial charge in [-0.1, -0.05) is 24.6 Å². The number of nitrogen functional groups attached to an aromatic ring is 1. The molecule has 0 radical (unpaired) electrons.